The number of urea groups is 1. The number of hydrogen-bond donors (Lipinski definition) is 1. The Morgan fingerprint density at radius 1 is 1.10 bits per heavy atom. The van der Waals surface area contributed by atoms with Crippen LogP contribution in [0.4, 0.5) is 9.18 Å². The Balaban J connectivity index is 1.91. The monoisotopic (exact) mass is 286 g/mol. The van der Waals surface area contributed by atoms with E-state index in [1.807, 2.05) is 31.2 Å². The second-order valence-corrected chi connectivity index (χ2v) is 5.03. The summed E-state index contributed by atoms with van der Waals surface area (Å²) in [4.78, 5) is 13.6. The first-order chi connectivity index (χ1) is 10.1. The van der Waals surface area contributed by atoms with E-state index in [2.05, 4.69) is 5.32 Å². The zero-order chi connectivity index (χ0) is 15.2. The van der Waals surface area contributed by atoms with Crippen molar-refractivity contribution in [1.29, 1.82) is 0 Å². The molecule has 2 rings (SSSR count). The summed E-state index contributed by atoms with van der Waals surface area (Å²) in [5.41, 5.74) is 2.72. The second-order valence-electron chi connectivity index (χ2n) is 5.03. The molecule has 0 spiro atoms. The van der Waals surface area contributed by atoms with Crippen molar-refractivity contribution in [2.75, 3.05) is 7.05 Å². The molecule has 2 aromatic carbocycles. The van der Waals surface area contributed by atoms with Crippen molar-refractivity contribution in [1.82, 2.24) is 10.2 Å². The molecule has 0 saturated carbocycles. The van der Waals surface area contributed by atoms with Crippen LogP contribution in [0.5, 0.6) is 0 Å². The van der Waals surface area contributed by atoms with E-state index < -0.39 is 0 Å². The van der Waals surface area contributed by atoms with Gasteiger partial charge in [0.2, 0.25) is 0 Å². The molecule has 0 unspecified atom stereocenters. The SMILES string of the molecule is Cc1ccccc1CN(C)C(=O)NCc1ccccc1F. The minimum Gasteiger partial charge on any atom is -0.334 e. The molecule has 0 aliphatic heterocycles. The van der Waals surface area contributed by atoms with E-state index in [-0.39, 0.29) is 18.4 Å². The van der Waals surface area contributed by atoms with E-state index in [0.717, 1.165) is 11.1 Å². The molecule has 0 atom stereocenters. The quantitative estimate of drug-likeness (QED) is 0.917. The van der Waals surface area contributed by atoms with Crippen molar-refractivity contribution >= 4 is 6.03 Å². The number of amides is 2. The van der Waals surface area contributed by atoms with Crippen LogP contribution in [-0.4, -0.2) is 18.0 Å². The molecule has 0 aliphatic carbocycles. The van der Waals surface area contributed by atoms with Gasteiger partial charge >= 0.3 is 6.03 Å². The topological polar surface area (TPSA) is 32.3 Å². The molecule has 1 N–H and O–H groups in total. The number of benzene rings is 2. The summed E-state index contributed by atoms with van der Waals surface area (Å²) in [6, 6.07) is 14.1. The average Bonchev–Trinajstić information content (AvgIpc) is 2.48. The zero-order valence-electron chi connectivity index (χ0n) is 12.3. The molecule has 0 aromatic heterocycles. The minimum absolute atomic E-state index is 0.184. The Morgan fingerprint density at radius 2 is 1.71 bits per heavy atom. The first kappa shape index (κ1) is 15.0. The van der Waals surface area contributed by atoms with Crippen LogP contribution in [-0.2, 0) is 13.1 Å². The number of carbonyl (C=O) groups is 1. The van der Waals surface area contributed by atoms with Crippen LogP contribution < -0.4 is 5.32 Å². The van der Waals surface area contributed by atoms with Crippen LogP contribution in [0.1, 0.15) is 16.7 Å². The predicted octanol–water partition coefficient (Wildman–Crippen LogP) is 3.48. The number of hydrogen-bond acceptors (Lipinski definition) is 1. The Hall–Kier alpha value is -2.36. The third-order valence-corrected chi connectivity index (χ3v) is 3.40. The molecule has 4 heteroatoms. The largest absolute Gasteiger partial charge is 0.334 e. The van der Waals surface area contributed by atoms with Gasteiger partial charge in [-0.25, -0.2) is 9.18 Å². The fraction of sp³-hybridized carbons (Fsp3) is 0.235. The highest BCUT2D eigenvalue weighted by Crippen LogP contribution is 2.10. The molecular weight excluding hydrogens is 267 g/mol. The summed E-state index contributed by atoms with van der Waals surface area (Å²) in [7, 11) is 1.73. The molecule has 0 fully saturated rings. The van der Waals surface area contributed by atoms with Gasteiger partial charge in [0, 0.05) is 25.7 Å². The number of halogens is 1. The van der Waals surface area contributed by atoms with Crippen molar-refractivity contribution in [3.63, 3.8) is 0 Å². The van der Waals surface area contributed by atoms with Gasteiger partial charge in [0.1, 0.15) is 5.82 Å². The van der Waals surface area contributed by atoms with Crippen molar-refractivity contribution in [3.05, 3.63) is 71.0 Å². The maximum atomic E-state index is 13.5. The van der Waals surface area contributed by atoms with E-state index >= 15 is 0 Å². The molecule has 0 radical (unpaired) electrons. The molecule has 0 bridgehead atoms. The van der Waals surface area contributed by atoms with Crippen LogP contribution >= 0.6 is 0 Å². The molecule has 3 nitrogen and oxygen atoms in total. The standard InChI is InChI=1S/C17H19FN2O/c1-13-7-3-4-9-15(13)12-20(2)17(21)19-11-14-8-5-6-10-16(14)18/h3-10H,11-12H2,1-2H3,(H,19,21). The number of aryl methyl sites for hydroxylation is 1. The van der Waals surface area contributed by atoms with Gasteiger partial charge in [0.15, 0.2) is 0 Å². The maximum Gasteiger partial charge on any atom is 0.317 e. The van der Waals surface area contributed by atoms with E-state index in [4.69, 9.17) is 0 Å². The molecule has 2 amide bonds. The average molecular weight is 286 g/mol. The lowest BCUT2D eigenvalue weighted by atomic mass is 10.1. The number of nitrogens with zero attached hydrogens (tertiary/aromatic N) is 1. The van der Waals surface area contributed by atoms with E-state index in [1.165, 1.54) is 6.07 Å². The third-order valence-electron chi connectivity index (χ3n) is 3.40. The van der Waals surface area contributed by atoms with Crippen LogP contribution in [0.25, 0.3) is 0 Å². The van der Waals surface area contributed by atoms with Gasteiger partial charge < -0.3 is 10.2 Å². The van der Waals surface area contributed by atoms with Gasteiger partial charge in [-0.2, -0.15) is 0 Å². The molecule has 0 aliphatic rings. The predicted molar refractivity (Wildman–Crippen MR) is 81.3 cm³/mol. The van der Waals surface area contributed by atoms with Crippen LogP contribution in [0, 0.1) is 12.7 Å². The van der Waals surface area contributed by atoms with Gasteiger partial charge in [-0.3, -0.25) is 0 Å². The summed E-state index contributed by atoms with van der Waals surface area (Å²) < 4.78 is 13.5. The Labute approximate surface area is 124 Å². The van der Waals surface area contributed by atoms with Gasteiger partial charge in [-0.15, -0.1) is 0 Å². The van der Waals surface area contributed by atoms with Gasteiger partial charge in [0.05, 0.1) is 0 Å². The lowest BCUT2D eigenvalue weighted by Gasteiger charge is -2.19. The van der Waals surface area contributed by atoms with Crippen LogP contribution in [0.3, 0.4) is 0 Å². The minimum atomic E-state index is -0.306. The Morgan fingerprint density at radius 3 is 2.38 bits per heavy atom. The highest BCUT2D eigenvalue weighted by atomic mass is 19.1. The lowest BCUT2D eigenvalue weighted by Crippen LogP contribution is -2.36. The number of carbonyl (C=O) groups excluding carboxylic acids is 1. The van der Waals surface area contributed by atoms with E-state index in [0.29, 0.717) is 12.1 Å². The van der Waals surface area contributed by atoms with Crippen molar-refractivity contribution in [3.8, 4) is 0 Å². The zero-order valence-corrected chi connectivity index (χ0v) is 12.3. The normalized spacial score (nSPS) is 10.2. The van der Waals surface area contributed by atoms with Crippen LogP contribution in [0.15, 0.2) is 48.5 Å². The number of rotatable bonds is 4. The fourth-order valence-electron chi connectivity index (χ4n) is 2.06. The van der Waals surface area contributed by atoms with Crippen molar-refractivity contribution < 1.29 is 9.18 Å². The number of nitrogens with one attached hydrogen (secondary N) is 1. The third kappa shape index (κ3) is 4.05. The highest BCUT2D eigenvalue weighted by molar-refractivity contribution is 5.73. The molecule has 0 heterocycles. The smallest absolute Gasteiger partial charge is 0.317 e. The van der Waals surface area contributed by atoms with Crippen molar-refractivity contribution in [2.45, 2.75) is 20.0 Å². The van der Waals surface area contributed by atoms with E-state index in [1.54, 1.807) is 30.1 Å². The first-order valence-corrected chi connectivity index (χ1v) is 6.85. The maximum absolute atomic E-state index is 13.5. The summed E-state index contributed by atoms with van der Waals surface area (Å²) in [5, 5.41) is 2.73. The summed E-state index contributed by atoms with van der Waals surface area (Å²) in [6.07, 6.45) is 0. The van der Waals surface area contributed by atoms with Gasteiger partial charge in [0.25, 0.3) is 0 Å². The van der Waals surface area contributed by atoms with Gasteiger partial charge in [-0.05, 0) is 24.1 Å². The lowest BCUT2D eigenvalue weighted by molar-refractivity contribution is 0.206. The molecule has 0 saturated heterocycles. The fourth-order valence-corrected chi connectivity index (χ4v) is 2.06. The Kier molecular flexibility index (Phi) is 4.93. The van der Waals surface area contributed by atoms with Crippen molar-refractivity contribution in [2.24, 2.45) is 0 Å². The van der Waals surface area contributed by atoms with Crippen LogP contribution in [0.2, 0.25) is 0 Å². The van der Waals surface area contributed by atoms with Gasteiger partial charge in [-0.1, -0.05) is 42.5 Å². The first-order valence-electron chi connectivity index (χ1n) is 6.85. The molecular formula is C17H19FN2O. The molecule has 2 aromatic rings. The second kappa shape index (κ2) is 6.88. The van der Waals surface area contributed by atoms with E-state index in [9.17, 15) is 9.18 Å². The summed E-state index contributed by atoms with van der Waals surface area (Å²) >= 11 is 0. The Bertz CT molecular complexity index is 628. The summed E-state index contributed by atoms with van der Waals surface area (Å²) in [6.45, 7) is 2.72. The summed E-state index contributed by atoms with van der Waals surface area (Å²) in [5.74, 6) is -0.306. The highest BCUT2D eigenvalue weighted by Gasteiger charge is 2.10. The molecule has 110 valence electrons. The molecule has 21 heavy (non-hydrogen) atoms.